The van der Waals surface area contributed by atoms with Crippen LogP contribution in [0.15, 0.2) is 0 Å². The Labute approximate surface area is 61.4 Å². The van der Waals surface area contributed by atoms with Gasteiger partial charge in [-0.05, 0) is 20.8 Å². The van der Waals surface area contributed by atoms with Crippen molar-refractivity contribution in [3.63, 3.8) is 0 Å². The molecule has 58 valence electrons. The van der Waals surface area contributed by atoms with Crippen molar-refractivity contribution in [2.45, 2.75) is 32.4 Å². The summed E-state index contributed by atoms with van der Waals surface area (Å²) in [6, 6.07) is 0.266. The van der Waals surface area contributed by atoms with E-state index in [2.05, 4.69) is 19.2 Å². The Hall–Kier alpha value is -0.730. The maximum atomic E-state index is 11.0. The topological polar surface area (TPSA) is 32.3 Å². The molecule has 1 saturated heterocycles. The van der Waals surface area contributed by atoms with E-state index in [1.165, 1.54) is 0 Å². The number of nitrogens with zero attached hydrogens (tertiary/aromatic N) is 1. The lowest BCUT2D eigenvalue weighted by atomic mass is 9.97. The average molecular weight is 142 g/mol. The molecule has 0 radical (unpaired) electrons. The van der Waals surface area contributed by atoms with E-state index >= 15 is 0 Å². The Morgan fingerprint density at radius 1 is 1.60 bits per heavy atom. The summed E-state index contributed by atoms with van der Waals surface area (Å²) in [6.07, 6.45) is 0. The number of hydrogen-bond acceptors (Lipinski definition) is 1. The summed E-state index contributed by atoms with van der Waals surface area (Å²) in [5.41, 5.74) is -0.0446. The van der Waals surface area contributed by atoms with E-state index < -0.39 is 0 Å². The molecular formula is C7H14N2O. The van der Waals surface area contributed by atoms with Gasteiger partial charge in [-0.25, -0.2) is 4.79 Å². The summed E-state index contributed by atoms with van der Waals surface area (Å²) in [5, 5.41) is 2.84. The number of rotatable bonds is 0. The highest BCUT2D eigenvalue weighted by atomic mass is 16.2. The molecule has 1 rings (SSSR count). The summed E-state index contributed by atoms with van der Waals surface area (Å²) in [5.74, 6) is 0. The van der Waals surface area contributed by atoms with E-state index in [0.29, 0.717) is 0 Å². The Morgan fingerprint density at radius 3 is 2.20 bits per heavy atom. The van der Waals surface area contributed by atoms with Gasteiger partial charge >= 0.3 is 6.03 Å². The zero-order valence-electron chi connectivity index (χ0n) is 6.93. The van der Waals surface area contributed by atoms with Gasteiger partial charge in [-0.3, -0.25) is 0 Å². The van der Waals surface area contributed by atoms with Gasteiger partial charge in [-0.2, -0.15) is 0 Å². The van der Waals surface area contributed by atoms with Crippen molar-refractivity contribution in [3.05, 3.63) is 0 Å². The molecule has 0 aromatic rings. The zero-order chi connectivity index (χ0) is 7.94. The third-order valence-corrected chi connectivity index (χ3v) is 2.57. The first-order valence-electron chi connectivity index (χ1n) is 3.50. The standard InChI is InChI=1S/C7H14N2O/c1-5-7(2,3)9(4)6(10)8-5/h5H,1-4H3,(H,8,10). The molecule has 3 heteroatoms. The van der Waals surface area contributed by atoms with Gasteiger partial charge < -0.3 is 10.2 Å². The summed E-state index contributed by atoms with van der Waals surface area (Å²) >= 11 is 0. The van der Waals surface area contributed by atoms with Crippen LogP contribution in [-0.4, -0.2) is 29.6 Å². The molecule has 1 unspecified atom stereocenters. The van der Waals surface area contributed by atoms with Gasteiger partial charge in [0.2, 0.25) is 0 Å². The lowest BCUT2D eigenvalue weighted by Crippen LogP contribution is -2.42. The fourth-order valence-electron chi connectivity index (χ4n) is 1.01. The van der Waals surface area contributed by atoms with Crippen molar-refractivity contribution >= 4 is 6.03 Å². The Balaban J connectivity index is 2.85. The predicted molar refractivity (Wildman–Crippen MR) is 39.8 cm³/mol. The number of hydrogen-bond donors (Lipinski definition) is 1. The number of carbonyl (C=O) groups is 1. The molecule has 1 heterocycles. The van der Waals surface area contributed by atoms with Gasteiger partial charge in [-0.15, -0.1) is 0 Å². The highest BCUT2D eigenvalue weighted by Gasteiger charge is 2.40. The first-order chi connectivity index (χ1) is 4.46. The highest BCUT2D eigenvalue weighted by molar-refractivity contribution is 5.78. The van der Waals surface area contributed by atoms with Gasteiger partial charge in [0.05, 0.1) is 11.6 Å². The maximum absolute atomic E-state index is 11.0. The lowest BCUT2D eigenvalue weighted by molar-refractivity contribution is 0.189. The smallest absolute Gasteiger partial charge is 0.317 e. The third kappa shape index (κ3) is 0.770. The summed E-state index contributed by atoms with van der Waals surface area (Å²) in [6.45, 7) is 6.12. The fourth-order valence-corrected chi connectivity index (χ4v) is 1.01. The normalized spacial score (nSPS) is 30.6. The van der Waals surface area contributed by atoms with Crippen molar-refractivity contribution in [1.29, 1.82) is 0 Å². The van der Waals surface area contributed by atoms with Gasteiger partial charge in [0.15, 0.2) is 0 Å². The molecule has 1 atom stereocenters. The molecular weight excluding hydrogens is 128 g/mol. The summed E-state index contributed by atoms with van der Waals surface area (Å²) in [4.78, 5) is 12.7. The Morgan fingerprint density at radius 2 is 2.10 bits per heavy atom. The first kappa shape index (κ1) is 7.38. The van der Waals surface area contributed by atoms with Crippen LogP contribution < -0.4 is 5.32 Å². The monoisotopic (exact) mass is 142 g/mol. The van der Waals surface area contributed by atoms with Crippen LogP contribution in [0.3, 0.4) is 0 Å². The molecule has 0 aliphatic carbocycles. The molecule has 0 spiro atoms. The minimum absolute atomic E-state index is 0.0255. The van der Waals surface area contributed by atoms with E-state index in [1.54, 1.807) is 4.90 Å². The van der Waals surface area contributed by atoms with Gasteiger partial charge in [0.25, 0.3) is 0 Å². The van der Waals surface area contributed by atoms with Crippen LogP contribution in [-0.2, 0) is 0 Å². The molecule has 0 aromatic heterocycles. The fraction of sp³-hybridized carbons (Fsp3) is 0.857. The minimum atomic E-state index is -0.0446. The van der Waals surface area contributed by atoms with E-state index in [9.17, 15) is 4.79 Å². The number of amides is 2. The number of nitrogens with one attached hydrogen (secondary N) is 1. The number of carbonyl (C=O) groups excluding carboxylic acids is 1. The second kappa shape index (κ2) is 1.87. The van der Waals surface area contributed by atoms with Crippen LogP contribution in [0.25, 0.3) is 0 Å². The van der Waals surface area contributed by atoms with E-state index in [4.69, 9.17) is 0 Å². The van der Waals surface area contributed by atoms with E-state index in [1.807, 2.05) is 14.0 Å². The summed E-state index contributed by atoms with van der Waals surface area (Å²) < 4.78 is 0. The molecule has 2 amide bonds. The predicted octanol–water partition coefficient (Wildman–Crippen LogP) is 0.808. The van der Waals surface area contributed by atoms with Crippen molar-refractivity contribution in [3.8, 4) is 0 Å². The molecule has 1 N–H and O–H groups in total. The quantitative estimate of drug-likeness (QED) is 0.533. The van der Waals surface area contributed by atoms with Crippen LogP contribution >= 0.6 is 0 Å². The van der Waals surface area contributed by atoms with Crippen LogP contribution in [0.2, 0.25) is 0 Å². The number of likely N-dealkylation sites (N-methyl/N-ethyl adjacent to an activating group) is 1. The van der Waals surface area contributed by atoms with E-state index in [0.717, 1.165) is 0 Å². The van der Waals surface area contributed by atoms with Crippen LogP contribution in [0.1, 0.15) is 20.8 Å². The van der Waals surface area contributed by atoms with Crippen LogP contribution in [0.4, 0.5) is 4.79 Å². The summed E-state index contributed by atoms with van der Waals surface area (Å²) in [7, 11) is 1.82. The number of urea groups is 1. The van der Waals surface area contributed by atoms with Gasteiger partial charge in [0.1, 0.15) is 0 Å². The van der Waals surface area contributed by atoms with Crippen molar-refractivity contribution in [1.82, 2.24) is 10.2 Å². The molecule has 1 aliphatic rings. The molecule has 3 nitrogen and oxygen atoms in total. The molecule has 1 fully saturated rings. The molecule has 10 heavy (non-hydrogen) atoms. The van der Waals surface area contributed by atoms with Crippen molar-refractivity contribution in [2.24, 2.45) is 0 Å². The second-order valence-electron chi connectivity index (χ2n) is 3.38. The Bertz CT molecular complexity index is 165. The SMILES string of the molecule is CC1NC(=O)N(C)C1(C)C. The Kier molecular flexibility index (Phi) is 1.38. The largest absolute Gasteiger partial charge is 0.333 e. The van der Waals surface area contributed by atoms with Crippen molar-refractivity contribution < 1.29 is 4.79 Å². The highest BCUT2D eigenvalue weighted by Crippen LogP contribution is 2.22. The van der Waals surface area contributed by atoms with Gasteiger partial charge in [-0.1, -0.05) is 0 Å². The molecule has 0 bridgehead atoms. The zero-order valence-corrected chi connectivity index (χ0v) is 6.93. The molecule has 0 saturated carbocycles. The minimum Gasteiger partial charge on any atom is -0.333 e. The van der Waals surface area contributed by atoms with E-state index in [-0.39, 0.29) is 17.6 Å². The molecule has 0 aromatic carbocycles. The third-order valence-electron chi connectivity index (χ3n) is 2.57. The van der Waals surface area contributed by atoms with Crippen LogP contribution in [0.5, 0.6) is 0 Å². The maximum Gasteiger partial charge on any atom is 0.317 e. The van der Waals surface area contributed by atoms with Crippen LogP contribution in [0, 0.1) is 0 Å². The van der Waals surface area contributed by atoms with Crippen molar-refractivity contribution in [2.75, 3.05) is 7.05 Å². The first-order valence-corrected chi connectivity index (χ1v) is 3.50. The molecule has 1 aliphatic heterocycles. The van der Waals surface area contributed by atoms with Gasteiger partial charge in [0, 0.05) is 7.05 Å². The lowest BCUT2D eigenvalue weighted by Gasteiger charge is -2.29. The second-order valence-corrected chi connectivity index (χ2v) is 3.38. The average Bonchev–Trinajstić information content (AvgIpc) is 1.97.